The van der Waals surface area contributed by atoms with Crippen molar-refractivity contribution in [1.82, 2.24) is 14.8 Å². The first-order chi connectivity index (χ1) is 9.65. The molecule has 0 aliphatic heterocycles. The van der Waals surface area contributed by atoms with Crippen molar-refractivity contribution >= 4 is 27.7 Å². The average molecular weight is 349 g/mol. The maximum atomic E-state index is 8.92. The lowest BCUT2D eigenvalue weighted by molar-refractivity contribution is 0.730. The molecule has 1 unspecified atom stereocenters. The van der Waals surface area contributed by atoms with Crippen LogP contribution in [0.5, 0.6) is 0 Å². The van der Waals surface area contributed by atoms with Crippen molar-refractivity contribution in [3.8, 4) is 17.5 Å². The topological polar surface area (TPSA) is 54.5 Å². The van der Waals surface area contributed by atoms with E-state index in [1.54, 1.807) is 6.08 Å². The van der Waals surface area contributed by atoms with Gasteiger partial charge in [0.2, 0.25) is 0 Å². The summed E-state index contributed by atoms with van der Waals surface area (Å²) < 4.78 is 2.98. The molecule has 0 N–H and O–H groups in total. The van der Waals surface area contributed by atoms with E-state index in [2.05, 4.69) is 38.8 Å². The van der Waals surface area contributed by atoms with Gasteiger partial charge in [0.25, 0.3) is 0 Å². The molecule has 1 atom stereocenters. The summed E-state index contributed by atoms with van der Waals surface area (Å²) in [7, 11) is 0. The molecule has 0 fully saturated rings. The van der Waals surface area contributed by atoms with Crippen molar-refractivity contribution in [2.75, 3.05) is 0 Å². The number of nitriles is 1. The highest BCUT2D eigenvalue weighted by Crippen LogP contribution is 2.27. The van der Waals surface area contributed by atoms with E-state index in [-0.39, 0.29) is 5.25 Å². The summed E-state index contributed by atoms with van der Waals surface area (Å²) in [6.45, 7) is 6.22. The standard InChI is InChI=1S/C14H13BrN4S/c1-3-8-19-13(11-4-6-12(15)7-5-11)17-18-14(19)20-10(2)9-16/h3-7,10H,1,8H2,2H3. The second-order valence-electron chi connectivity index (χ2n) is 4.10. The van der Waals surface area contributed by atoms with Crippen LogP contribution in [0.4, 0.5) is 0 Å². The molecule has 0 saturated carbocycles. The Morgan fingerprint density at radius 3 is 2.75 bits per heavy atom. The molecule has 6 heteroatoms. The van der Waals surface area contributed by atoms with Gasteiger partial charge in [0.05, 0.1) is 11.3 Å². The van der Waals surface area contributed by atoms with Crippen molar-refractivity contribution in [2.45, 2.75) is 23.9 Å². The largest absolute Gasteiger partial charge is 0.298 e. The van der Waals surface area contributed by atoms with Crippen LogP contribution in [0.25, 0.3) is 11.4 Å². The van der Waals surface area contributed by atoms with Gasteiger partial charge in [-0.05, 0) is 19.1 Å². The van der Waals surface area contributed by atoms with E-state index in [4.69, 9.17) is 5.26 Å². The van der Waals surface area contributed by atoms with Gasteiger partial charge >= 0.3 is 0 Å². The maximum absolute atomic E-state index is 8.92. The predicted molar refractivity (Wildman–Crippen MR) is 84.3 cm³/mol. The molecule has 0 amide bonds. The summed E-state index contributed by atoms with van der Waals surface area (Å²) in [5.74, 6) is 0.782. The number of hydrogen-bond acceptors (Lipinski definition) is 4. The number of nitrogens with zero attached hydrogens (tertiary/aromatic N) is 4. The van der Waals surface area contributed by atoms with Gasteiger partial charge in [-0.25, -0.2) is 0 Å². The van der Waals surface area contributed by atoms with Crippen LogP contribution in [-0.2, 0) is 6.54 Å². The molecule has 2 aromatic rings. The third kappa shape index (κ3) is 3.30. The molecule has 0 aliphatic carbocycles. The van der Waals surface area contributed by atoms with Gasteiger partial charge in [0.15, 0.2) is 11.0 Å². The van der Waals surface area contributed by atoms with Crippen LogP contribution in [-0.4, -0.2) is 20.0 Å². The fourth-order valence-electron chi connectivity index (χ4n) is 1.67. The summed E-state index contributed by atoms with van der Waals surface area (Å²) in [6.07, 6.45) is 1.80. The third-order valence-electron chi connectivity index (χ3n) is 2.59. The SMILES string of the molecule is C=CCn1c(SC(C)C#N)nnc1-c1ccc(Br)cc1. The number of aromatic nitrogens is 3. The molecule has 1 aromatic carbocycles. The minimum Gasteiger partial charge on any atom is -0.298 e. The second kappa shape index (κ2) is 6.73. The van der Waals surface area contributed by atoms with Crippen LogP contribution in [0.2, 0.25) is 0 Å². The van der Waals surface area contributed by atoms with Crippen LogP contribution >= 0.6 is 27.7 Å². The first-order valence-corrected chi connectivity index (χ1v) is 7.69. The summed E-state index contributed by atoms with van der Waals surface area (Å²) in [5, 5.41) is 17.9. The molecule has 0 spiro atoms. The van der Waals surface area contributed by atoms with Crippen molar-refractivity contribution in [2.24, 2.45) is 0 Å². The van der Waals surface area contributed by atoms with E-state index in [1.165, 1.54) is 11.8 Å². The Morgan fingerprint density at radius 2 is 2.15 bits per heavy atom. The highest BCUT2D eigenvalue weighted by Gasteiger charge is 2.15. The predicted octanol–water partition coefficient (Wildman–Crippen LogP) is 3.90. The van der Waals surface area contributed by atoms with Crippen molar-refractivity contribution in [3.63, 3.8) is 0 Å². The lowest BCUT2D eigenvalue weighted by atomic mass is 10.2. The Kier molecular flexibility index (Phi) is 4.99. The number of rotatable bonds is 5. The van der Waals surface area contributed by atoms with Gasteiger partial charge < -0.3 is 0 Å². The lowest BCUT2D eigenvalue weighted by Gasteiger charge is -2.08. The fraction of sp³-hybridized carbons (Fsp3) is 0.214. The number of benzene rings is 1. The van der Waals surface area contributed by atoms with Gasteiger partial charge in [-0.1, -0.05) is 45.9 Å². The monoisotopic (exact) mass is 348 g/mol. The van der Waals surface area contributed by atoms with E-state index in [0.29, 0.717) is 6.54 Å². The van der Waals surface area contributed by atoms with Gasteiger partial charge in [0.1, 0.15) is 0 Å². The molecule has 0 bridgehead atoms. The second-order valence-corrected chi connectivity index (χ2v) is 6.33. The first kappa shape index (κ1) is 14.8. The van der Waals surface area contributed by atoms with Crippen molar-refractivity contribution in [1.29, 1.82) is 5.26 Å². The van der Waals surface area contributed by atoms with Gasteiger partial charge in [-0.15, -0.1) is 16.8 Å². The normalized spacial score (nSPS) is 11.8. The van der Waals surface area contributed by atoms with Crippen LogP contribution in [0.3, 0.4) is 0 Å². The van der Waals surface area contributed by atoms with E-state index in [1.807, 2.05) is 35.8 Å². The Hall–Kier alpha value is -1.58. The molecule has 102 valence electrons. The van der Waals surface area contributed by atoms with E-state index >= 15 is 0 Å². The number of allylic oxidation sites excluding steroid dienone is 1. The summed E-state index contributed by atoms with van der Waals surface area (Å²) in [5.41, 5.74) is 0.985. The number of hydrogen-bond donors (Lipinski definition) is 0. The summed E-state index contributed by atoms with van der Waals surface area (Å²) in [4.78, 5) is 0. The highest BCUT2D eigenvalue weighted by molar-refractivity contribution is 9.10. The summed E-state index contributed by atoms with van der Waals surface area (Å²) >= 11 is 4.82. The first-order valence-electron chi connectivity index (χ1n) is 6.02. The lowest BCUT2D eigenvalue weighted by Crippen LogP contribution is -2.02. The van der Waals surface area contributed by atoms with Crippen LogP contribution in [0.1, 0.15) is 6.92 Å². The molecular weight excluding hydrogens is 336 g/mol. The molecule has 0 radical (unpaired) electrons. The van der Waals surface area contributed by atoms with E-state index in [9.17, 15) is 0 Å². The van der Waals surface area contributed by atoms with Crippen molar-refractivity contribution in [3.05, 3.63) is 41.4 Å². The third-order valence-corrected chi connectivity index (χ3v) is 4.10. The Morgan fingerprint density at radius 1 is 1.45 bits per heavy atom. The maximum Gasteiger partial charge on any atom is 0.193 e. The van der Waals surface area contributed by atoms with E-state index < -0.39 is 0 Å². The number of thioether (sulfide) groups is 1. The molecule has 4 nitrogen and oxygen atoms in total. The minimum atomic E-state index is -0.166. The molecular formula is C14H13BrN4S. The molecule has 1 aromatic heterocycles. The Bertz CT molecular complexity index is 642. The van der Waals surface area contributed by atoms with Crippen LogP contribution < -0.4 is 0 Å². The average Bonchev–Trinajstić information content (AvgIpc) is 2.83. The Balaban J connectivity index is 2.41. The van der Waals surface area contributed by atoms with Crippen LogP contribution in [0, 0.1) is 11.3 Å². The zero-order valence-corrected chi connectivity index (χ0v) is 13.4. The Labute approximate surface area is 130 Å². The van der Waals surface area contributed by atoms with Gasteiger partial charge in [-0.3, -0.25) is 4.57 Å². The fourth-order valence-corrected chi connectivity index (χ4v) is 2.68. The zero-order chi connectivity index (χ0) is 14.5. The molecule has 20 heavy (non-hydrogen) atoms. The van der Waals surface area contributed by atoms with Gasteiger partial charge in [-0.2, -0.15) is 5.26 Å². The molecule has 0 aliphatic rings. The molecule has 2 rings (SSSR count). The van der Waals surface area contributed by atoms with Crippen LogP contribution in [0.15, 0.2) is 46.5 Å². The molecule has 0 saturated heterocycles. The zero-order valence-electron chi connectivity index (χ0n) is 11.0. The van der Waals surface area contributed by atoms with Gasteiger partial charge in [0, 0.05) is 16.6 Å². The van der Waals surface area contributed by atoms with Crippen molar-refractivity contribution < 1.29 is 0 Å². The quantitative estimate of drug-likeness (QED) is 0.607. The smallest absolute Gasteiger partial charge is 0.193 e. The minimum absolute atomic E-state index is 0.166. The van der Waals surface area contributed by atoms with E-state index in [0.717, 1.165) is 21.0 Å². The summed E-state index contributed by atoms with van der Waals surface area (Å²) in [6, 6.07) is 10.1. The molecule has 1 heterocycles. The number of halogens is 1. The highest BCUT2D eigenvalue weighted by atomic mass is 79.9.